The normalized spacial score (nSPS) is 25.3. The molecule has 1 saturated heterocycles. The fourth-order valence-electron chi connectivity index (χ4n) is 2.95. The lowest BCUT2D eigenvalue weighted by atomic mass is 9.86. The maximum absolute atomic E-state index is 9.43. The zero-order chi connectivity index (χ0) is 16.7. The molecule has 1 aliphatic heterocycles. The van der Waals surface area contributed by atoms with Crippen molar-refractivity contribution in [3.05, 3.63) is 0 Å². The molecule has 1 spiro atoms. The molecule has 0 aromatic heterocycles. The molecule has 1 heterocycles. The zero-order valence-electron chi connectivity index (χ0n) is 12.9. The number of ether oxygens (including phenoxy) is 1. The second-order valence-corrected chi connectivity index (χ2v) is 7.32. The first kappa shape index (κ1) is 19.8. The van der Waals surface area contributed by atoms with Crippen LogP contribution in [0.5, 0.6) is 0 Å². The van der Waals surface area contributed by atoms with Gasteiger partial charge in [0.1, 0.15) is 0 Å². The second kappa shape index (κ2) is 8.56. The molecule has 8 heteroatoms. The molecule has 0 amide bonds. The van der Waals surface area contributed by atoms with E-state index in [1.165, 1.54) is 38.5 Å². The summed E-state index contributed by atoms with van der Waals surface area (Å²) in [5, 5.41) is 18.1. The molecule has 0 bridgehead atoms. The summed E-state index contributed by atoms with van der Waals surface area (Å²) >= 11 is 0. The lowest BCUT2D eigenvalue weighted by molar-refractivity contribution is -0.0419. The summed E-state index contributed by atoms with van der Waals surface area (Å²) in [6.45, 7) is 1.00. The molecule has 2 saturated carbocycles. The summed E-state index contributed by atoms with van der Waals surface area (Å²) in [6.07, 6.45) is 11.8. The van der Waals surface area contributed by atoms with Crippen LogP contribution in [0.4, 0.5) is 0 Å². The molecule has 4 N–H and O–H groups in total. The molecule has 0 radical (unpaired) electrons. The smallest absolute Gasteiger partial charge is 0.393 e. The Morgan fingerprint density at radius 1 is 0.864 bits per heavy atom. The van der Waals surface area contributed by atoms with E-state index in [0.29, 0.717) is 5.60 Å². The maximum atomic E-state index is 9.43. The Hall–Kier alpha value is -0.250. The number of aliphatic hydroxyl groups excluding tert-OH is 1. The third-order valence-electron chi connectivity index (χ3n) is 4.40. The summed E-state index contributed by atoms with van der Waals surface area (Å²) in [7, 11) is -4.67. The molecule has 0 aromatic carbocycles. The van der Waals surface area contributed by atoms with Gasteiger partial charge in [-0.25, -0.2) is 0 Å². The average molecular weight is 340 g/mol. The van der Waals surface area contributed by atoms with Crippen molar-refractivity contribution in [3.8, 4) is 0 Å². The Balaban J connectivity index is 0.000000173. The van der Waals surface area contributed by atoms with Crippen LogP contribution in [0.1, 0.15) is 64.2 Å². The minimum absolute atomic E-state index is 0.0625. The van der Waals surface area contributed by atoms with Gasteiger partial charge in [0.05, 0.1) is 24.4 Å². The molecule has 3 rings (SSSR count). The van der Waals surface area contributed by atoms with Gasteiger partial charge in [-0.15, -0.1) is 0 Å². The molecule has 3 aliphatic rings. The van der Waals surface area contributed by atoms with Crippen molar-refractivity contribution in [1.82, 2.24) is 0 Å². The van der Waals surface area contributed by atoms with Crippen LogP contribution < -0.4 is 0 Å². The van der Waals surface area contributed by atoms with Crippen LogP contribution in [-0.4, -0.2) is 52.2 Å². The molecular weight excluding hydrogens is 312 g/mol. The quantitative estimate of drug-likeness (QED) is 0.423. The topological polar surface area (TPSA) is 128 Å². The van der Waals surface area contributed by atoms with Gasteiger partial charge in [0.25, 0.3) is 0 Å². The first-order valence-electron chi connectivity index (χ1n) is 7.85. The highest BCUT2D eigenvalue weighted by molar-refractivity contribution is 7.79. The molecule has 2 aliphatic carbocycles. The van der Waals surface area contributed by atoms with E-state index in [-0.39, 0.29) is 6.61 Å². The molecule has 3 fully saturated rings. The van der Waals surface area contributed by atoms with E-state index < -0.39 is 16.0 Å². The first-order valence-corrected chi connectivity index (χ1v) is 9.25. The lowest BCUT2D eigenvalue weighted by Gasteiger charge is -2.29. The predicted octanol–water partition coefficient (Wildman–Crippen LogP) is 1.74. The van der Waals surface area contributed by atoms with Crippen molar-refractivity contribution in [2.75, 3.05) is 13.2 Å². The van der Waals surface area contributed by atoms with Gasteiger partial charge in [0, 0.05) is 0 Å². The molecule has 132 valence electrons. The van der Waals surface area contributed by atoms with Crippen molar-refractivity contribution in [1.29, 1.82) is 0 Å². The molecular formula is C14H28O7S. The number of epoxide rings is 1. The van der Waals surface area contributed by atoms with Gasteiger partial charge in [-0.05, 0) is 25.7 Å². The molecule has 0 atom stereocenters. The predicted molar refractivity (Wildman–Crippen MR) is 81.1 cm³/mol. The highest BCUT2D eigenvalue weighted by atomic mass is 32.3. The van der Waals surface area contributed by atoms with E-state index in [0.717, 1.165) is 32.3 Å². The Kier molecular flexibility index (Phi) is 7.70. The monoisotopic (exact) mass is 340 g/mol. The fraction of sp³-hybridized carbons (Fsp3) is 1.00. The van der Waals surface area contributed by atoms with Gasteiger partial charge in [-0.3, -0.25) is 9.11 Å². The summed E-state index contributed by atoms with van der Waals surface area (Å²) in [6, 6.07) is 0. The highest BCUT2D eigenvalue weighted by Gasteiger charge is 2.44. The van der Waals surface area contributed by atoms with Gasteiger partial charge < -0.3 is 14.9 Å². The van der Waals surface area contributed by atoms with Gasteiger partial charge >= 0.3 is 10.4 Å². The van der Waals surface area contributed by atoms with Crippen LogP contribution >= 0.6 is 0 Å². The number of hydrogen-bond acceptors (Lipinski definition) is 5. The summed E-state index contributed by atoms with van der Waals surface area (Å²) in [5.41, 5.74) is -0.295. The van der Waals surface area contributed by atoms with Gasteiger partial charge in [-0.2, -0.15) is 8.42 Å². The Labute approximate surface area is 132 Å². The fourth-order valence-corrected chi connectivity index (χ4v) is 2.95. The van der Waals surface area contributed by atoms with Crippen LogP contribution in [0.2, 0.25) is 0 Å². The van der Waals surface area contributed by atoms with E-state index in [1.54, 1.807) is 0 Å². The van der Waals surface area contributed by atoms with E-state index in [1.807, 2.05) is 0 Å². The largest absolute Gasteiger partial charge is 0.394 e. The number of hydrogen-bond donors (Lipinski definition) is 4. The average Bonchev–Trinajstić information content (AvgIpc) is 3.18. The molecule has 7 nitrogen and oxygen atoms in total. The summed E-state index contributed by atoms with van der Waals surface area (Å²) in [4.78, 5) is 0. The van der Waals surface area contributed by atoms with Crippen molar-refractivity contribution >= 4 is 10.4 Å². The molecule has 0 unspecified atom stereocenters. The van der Waals surface area contributed by atoms with Crippen molar-refractivity contribution < 1.29 is 32.5 Å². The minimum atomic E-state index is -4.67. The first-order chi connectivity index (χ1) is 10.2. The highest BCUT2D eigenvalue weighted by Crippen LogP contribution is 2.41. The van der Waals surface area contributed by atoms with Crippen LogP contribution in [0.15, 0.2) is 0 Å². The molecule has 0 aromatic rings. The third-order valence-corrected chi connectivity index (χ3v) is 4.40. The van der Waals surface area contributed by atoms with Crippen molar-refractivity contribution in [3.63, 3.8) is 0 Å². The van der Waals surface area contributed by atoms with Crippen molar-refractivity contribution in [2.24, 2.45) is 0 Å². The van der Waals surface area contributed by atoms with Gasteiger partial charge in [-0.1, -0.05) is 38.5 Å². The maximum Gasteiger partial charge on any atom is 0.394 e. The van der Waals surface area contributed by atoms with Crippen LogP contribution in [-0.2, 0) is 15.1 Å². The van der Waals surface area contributed by atoms with Gasteiger partial charge in [0.2, 0.25) is 0 Å². The number of rotatable bonds is 1. The summed E-state index contributed by atoms with van der Waals surface area (Å²) in [5.74, 6) is 0. The zero-order valence-corrected chi connectivity index (χ0v) is 13.7. The van der Waals surface area contributed by atoms with E-state index in [2.05, 4.69) is 0 Å². The van der Waals surface area contributed by atoms with Gasteiger partial charge in [0.15, 0.2) is 0 Å². The molecule has 22 heavy (non-hydrogen) atoms. The summed E-state index contributed by atoms with van der Waals surface area (Å²) < 4.78 is 36.9. The third kappa shape index (κ3) is 9.02. The Bertz CT molecular complexity index is 395. The minimum Gasteiger partial charge on any atom is -0.393 e. The van der Waals surface area contributed by atoms with E-state index in [9.17, 15) is 5.11 Å². The SMILES string of the molecule is C1CCC2(CC1)CO2.O=S(=O)(O)O.OCC1(O)CCCCC1. The van der Waals surface area contributed by atoms with Crippen LogP contribution in [0.3, 0.4) is 0 Å². The Morgan fingerprint density at radius 2 is 1.23 bits per heavy atom. The second-order valence-electron chi connectivity index (χ2n) is 6.42. The standard InChI is InChI=1S/C7H14O2.C7H12O.H2O4S/c8-6-7(9)4-2-1-3-5-7;1-2-4-7(5-3-1)6-8-7;1-5(2,3)4/h8-9H,1-6H2;1-6H2;(H2,1,2,3,4). The van der Waals surface area contributed by atoms with Crippen LogP contribution in [0.25, 0.3) is 0 Å². The van der Waals surface area contributed by atoms with Crippen LogP contribution in [0, 0.1) is 0 Å². The van der Waals surface area contributed by atoms with E-state index in [4.69, 9.17) is 27.4 Å². The van der Waals surface area contributed by atoms with E-state index >= 15 is 0 Å². The number of aliphatic hydroxyl groups is 2. The van der Waals surface area contributed by atoms with Crippen molar-refractivity contribution in [2.45, 2.75) is 75.4 Å². The lowest BCUT2D eigenvalue weighted by Crippen LogP contribution is -2.35. The Morgan fingerprint density at radius 3 is 1.45 bits per heavy atom.